The summed E-state index contributed by atoms with van der Waals surface area (Å²) in [4.78, 5) is 38.9. The zero-order chi connectivity index (χ0) is 15.2. The third-order valence-electron chi connectivity index (χ3n) is 4.29. The standard InChI is InChI=1S/C15H16N2O4/c1-15-8-6-12(18)17(15)11-5-3-2-4-10(11)14(21)16(15)9-7-13(19)20/h2-5H,6-9H2,1H3,(H,19,20)/t15-/m0/s1. The maximum atomic E-state index is 12.7. The van der Waals surface area contributed by atoms with Gasteiger partial charge in [-0.1, -0.05) is 12.1 Å². The molecule has 2 aliphatic rings. The molecule has 6 nitrogen and oxygen atoms in total. The summed E-state index contributed by atoms with van der Waals surface area (Å²) in [6.07, 6.45) is 0.749. The number of hydrogen-bond donors (Lipinski definition) is 1. The largest absolute Gasteiger partial charge is 0.481 e. The van der Waals surface area contributed by atoms with Gasteiger partial charge >= 0.3 is 5.97 Å². The van der Waals surface area contributed by atoms with Crippen LogP contribution in [0.4, 0.5) is 5.69 Å². The summed E-state index contributed by atoms with van der Waals surface area (Å²) >= 11 is 0. The van der Waals surface area contributed by atoms with E-state index >= 15 is 0 Å². The Bertz CT molecular complexity index is 642. The van der Waals surface area contributed by atoms with Gasteiger partial charge in [0.15, 0.2) is 0 Å². The molecule has 2 amide bonds. The molecule has 1 saturated heterocycles. The maximum absolute atomic E-state index is 12.7. The van der Waals surface area contributed by atoms with Gasteiger partial charge in [-0.2, -0.15) is 0 Å². The minimum Gasteiger partial charge on any atom is -0.481 e. The highest BCUT2D eigenvalue weighted by Gasteiger charge is 2.52. The average molecular weight is 288 g/mol. The number of hydrogen-bond acceptors (Lipinski definition) is 3. The number of amides is 2. The van der Waals surface area contributed by atoms with Gasteiger partial charge in [0.05, 0.1) is 17.7 Å². The van der Waals surface area contributed by atoms with E-state index in [0.29, 0.717) is 24.1 Å². The third kappa shape index (κ3) is 1.90. The summed E-state index contributed by atoms with van der Waals surface area (Å²) in [5, 5.41) is 8.88. The Morgan fingerprint density at radius 1 is 1.33 bits per heavy atom. The van der Waals surface area contributed by atoms with Crippen LogP contribution < -0.4 is 4.90 Å². The average Bonchev–Trinajstić information content (AvgIpc) is 2.75. The second-order valence-corrected chi connectivity index (χ2v) is 5.56. The van der Waals surface area contributed by atoms with E-state index in [2.05, 4.69) is 0 Å². The van der Waals surface area contributed by atoms with E-state index in [1.807, 2.05) is 6.92 Å². The van der Waals surface area contributed by atoms with Crippen molar-refractivity contribution < 1.29 is 19.5 Å². The van der Waals surface area contributed by atoms with Crippen LogP contribution in [0.15, 0.2) is 24.3 Å². The second-order valence-electron chi connectivity index (χ2n) is 5.56. The van der Waals surface area contributed by atoms with Crippen molar-refractivity contribution in [3.8, 4) is 0 Å². The van der Waals surface area contributed by atoms with E-state index < -0.39 is 11.6 Å². The topological polar surface area (TPSA) is 77.9 Å². The van der Waals surface area contributed by atoms with Crippen LogP contribution in [0, 0.1) is 0 Å². The Balaban J connectivity index is 2.09. The van der Waals surface area contributed by atoms with Crippen LogP contribution in [0.1, 0.15) is 36.5 Å². The van der Waals surface area contributed by atoms with Crippen molar-refractivity contribution in [2.75, 3.05) is 11.4 Å². The fraction of sp³-hybridized carbons (Fsp3) is 0.400. The Labute approximate surface area is 122 Å². The van der Waals surface area contributed by atoms with Gasteiger partial charge in [0.25, 0.3) is 5.91 Å². The highest BCUT2D eigenvalue weighted by molar-refractivity contribution is 6.10. The summed E-state index contributed by atoms with van der Waals surface area (Å²) in [6, 6.07) is 6.99. The minimum absolute atomic E-state index is 0.0298. The second kappa shape index (κ2) is 4.58. The van der Waals surface area contributed by atoms with Gasteiger partial charge in [0.2, 0.25) is 5.91 Å². The van der Waals surface area contributed by atoms with Gasteiger partial charge in [-0.25, -0.2) is 0 Å². The molecule has 1 atom stereocenters. The number of carboxylic acids is 1. The first kappa shape index (κ1) is 13.6. The van der Waals surface area contributed by atoms with Crippen molar-refractivity contribution in [1.82, 2.24) is 4.90 Å². The van der Waals surface area contributed by atoms with Crippen LogP contribution in [0.3, 0.4) is 0 Å². The first-order valence-corrected chi connectivity index (χ1v) is 6.91. The number of nitrogens with zero attached hydrogens (tertiary/aromatic N) is 2. The number of anilines is 1. The van der Waals surface area contributed by atoms with E-state index in [-0.39, 0.29) is 24.8 Å². The SMILES string of the molecule is C[C@@]12CCC(=O)N1c1ccccc1C(=O)N2CCC(=O)O. The molecule has 0 saturated carbocycles. The Hall–Kier alpha value is -2.37. The monoisotopic (exact) mass is 288 g/mol. The smallest absolute Gasteiger partial charge is 0.305 e. The maximum Gasteiger partial charge on any atom is 0.305 e. The number of benzene rings is 1. The van der Waals surface area contributed by atoms with Crippen LogP contribution in [-0.4, -0.2) is 40.0 Å². The number of fused-ring (bicyclic) bond motifs is 3. The third-order valence-corrected chi connectivity index (χ3v) is 4.29. The van der Waals surface area contributed by atoms with E-state index in [4.69, 9.17) is 5.11 Å². The van der Waals surface area contributed by atoms with Gasteiger partial charge in [-0.05, 0) is 25.5 Å². The van der Waals surface area contributed by atoms with Crippen molar-refractivity contribution in [3.63, 3.8) is 0 Å². The van der Waals surface area contributed by atoms with E-state index in [1.165, 1.54) is 4.90 Å². The predicted molar refractivity (Wildman–Crippen MR) is 74.9 cm³/mol. The van der Waals surface area contributed by atoms with Crippen LogP contribution >= 0.6 is 0 Å². The zero-order valence-electron chi connectivity index (χ0n) is 11.7. The van der Waals surface area contributed by atoms with Crippen LogP contribution in [-0.2, 0) is 9.59 Å². The molecule has 3 rings (SSSR count). The molecule has 0 spiro atoms. The fourth-order valence-electron chi connectivity index (χ4n) is 3.25. The molecule has 0 bridgehead atoms. The lowest BCUT2D eigenvalue weighted by molar-refractivity contribution is -0.137. The van der Waals surface area contributed by atoms with Gasteiger partial charge in [0.1, 0.15) is 5.66 Å². The van der Waals surface area contributed by atoms with Gasteiger partial charge in [0, 0.05) is 13.0 Å². The first-order valence-electron chi connectivity index (χ1n) is 6.91. The van der Waals surface area contributed by atoms with Crippen molar-refractivity contribution in [1.29, 1.82) is 0 Å². The zero-order valence-corrected chi connectivity index (χ0v) is 11.7. The van der Waals surface area contributed by atoms with Crippen molar-refractivity contribution in [2.45, 2.75) is 31.8 Å². The minimum atomic E-state index is -0.957. The summed E-state index contributed by atoms with van der Waals surface area (Å²) < 4.78 is 0. The fourth-order valence-corrected chi connectivity index (χ4v) is 3.25. The summed E-state index contributed by atoms with van der Waals surface area (Å²) in [5.41, 5.74) is 0.313. The van der Waals surface area contributed by atoms with Crippen molar-refractivity contribution >= 4 is 23.5 Å². The van der Waals surface area contributed by atoms with Gasteiger partial charge in [-0.15, -0.1) is 0 Å². The molecule has 1 aromatic carbocycles. The molecule has 2 heterocycles. The molecule has 0 aromatic heterocycles. The number of carboxylic acid groups (broad SMARTS) is 1. The van der Waals surface area contributed by atoms with E-state index in [9.17, 15) is 14.4 Å². The Morgan fingerprint density at radius 2 is 2.05 bits per heavy atom. The molecule has 0 aliphatic carbocycles. The lowest BCUT2D eigenvalue weighted by Gasteiger charge is -2.48. The van der Waals surface area contributed by atoms with E-state index in [1.54, 1.807) is 29.2 Å². The number of rotatable bonds is 3. The molecule has 1 aromatic rings. The molecule has 110 valence electrons. The normalized spacial score (nSPS) is 24.0. The molecule has 0 radical (unpaired) electrons. The Morgan fingerprint density at radius 3 is 2.76 bits per heavy atom. The molecular weight excluding hydrogens is 272 g/mol. The van der Waals surface area contributed by atoms with Crippen molar-refractivity contribution in [2.24, 2.45) is 0 Å². The lowest BCUT2D eigenvalue weighted by Crippen LogP contribution is -2.62. The molecule has 6 heteroatoms. The number of aliphatic carboxylic acids is 1. The van der Waals surface area contributed by atoms with Crippen LogP contribution in [0.25, 0.3) is 0 Å². The first-order chi connectivity index (χ1) is 9.95. The number of carbonyl (C=O) groups is 3. The molecular formula is C15H16N2O4. The number of para-hydroxylation sites is 1. The lowest BCUT2D eigenvalue weighted by atomic mass is 9.98. The summed E-state index contributed by atoms with van der Waals surface area (Å²) in [5.74, 6) is -1.20. The van der Waals surface area contributed by atoms with Gasteiger partial charge in [-0.3, -0.25) is 19.3 Å². The molecule has 2 aliphatic heterocycles. The molecule has 1 fully saturated rings. The molecule has 1 N–H and O–H groups in total. The predicted octanol–water partition coefficient (Wildman–Crippen LogP) is 1.46. The quantitative estimate of drug-likeness (QED) is 0.913. The summed E-state index contributed by atoms with van der Waals surface area (Å²) in [7, 11) is 0. The number of carbonyl (C=O) groups excluding carboxylic acids is 2. The molecule has 21 heavy (non-hydrogen) atoms. The van der Waals surface area contributed by atoms with Crippen LogP contribution in [0.2, 0.25) is 0 Å². The highest BCUT2D eigenvalue weighted by atomic mass is 16.4. The summed E-state index contributed by atoms with van der Waals surface area (Å²) in [6.45, 7) is 1.93. The van der Waals surface area contributed by atoms with E-state index in [0.717, 1.165) is 0 Å². The van der Waals surface area contributed by atoms with Crippen molar-refractivity contribution in [3.05, 3.63) is 29.8 Å². The highest BCUT2D eigenvalue weighted by Crippen LogP contribution is 2.43. The Kier molecular flexibility index (Phi) is 2.97. The van der Waals surface area contributed by atoms with Gasteiger partial charge < -0.3 is 10.0 Å². The molecule has 0 unspecified atom stereocenters. The van der Waals surface area contributed by atoms with Crippen LogP contribution in [0.5, 0.6) is 0 Å².